The van der Waals surface area contributed by atoms with E-state index in [0.29, 0.717) is 0 Å². The minimum atomic E-state index is -0.305. The molecule has 0 amide bonds. The number of hydrogen-bond acceptors (Lipinski definition) is 1. The van der Waals surface area contributed by atoms with Gasteiger partial charge < -0.3 is 4.98 Å². The van der Waals surface area contributed by atoms with Crippen molar-refractivity contribution in [1.82, 2.24) is 4.98 Å². The largest absolute Gasteiger partial charge is 0.358 e. The minimum Gasteiger partial charge on any atom is -0.358 e. The summed E-state index contributed by atoms with van der Waals surface area (Å²) >= 11 is 0. The Hall–Kier alpha value is -3.13. The fourth-order valence-corrected chi connectivity index (χ4v) is 3.52. The Balaban J connectivity index is 1.90. The molecular weight excluding hydrogens is 306 g/mol. The summed E-state index contributed by atoms with van der Waals surface area (Å²) in [6.45, 7) is 1.97. The predicted octanol–water partition coefficient (Wildman–Crippen LogP) is 5.49. The van der Waals surface area contributed by atoms with Crippen molar-refractivity contribution in [3.8, 4) is 0 Å². The lowest BCUT2D eigenvalue weighted by molar-refractivity contribution is 0.0975. The van der Waals surface area contributed by atoms with Gasteiger partial charge >= 0.3 is 0 Å². The van der Waals surface area contributed by atoms with Crippen molar-refractivity contribution in [1.29, 1.82) is 0 Å². The first-order valence-electron chi connectivity index (χ1n) is 8.47. The number of ketones is 1. The number of para-hydroxylation sites is 1. The van der Waals surface area contributed by atoms with Crippen molar-refractivity contribution >= 4 is 16.7 Å². The zero-order valence-corrected chi connectivity index (χ0v) is 14.1. The third-order valence-corrected chi connectivity index (χ3v) is 4.67. The molecule has 0 bridgehead atoms. The molecule has 0 saturated carbocycles. The van der Waals surface area contributed by atoms with Gasteiger partial charge in [0.2, 0.25) is 0 Å². The first kappa shape index (κ1) is 15.4. The molecule has 25 heavy (non-hydrogen) atoms. The molecular formula is C23H19NO. The van der Waals surface area contributed by atoms with Crippen molar-refractivity contribution in [3.63, 3.8) is 0 Å². The van der Waals surface area contributed by atoms with E-state index in [1.165, 1.54) is 0 Å². The van der Waals surface area contributed by atoms with Crippen LogP contribution in [-0.2, 0) is 0 Å². The van der Waals surface area contributed by atoms with Gasteiger partial charge in [-0.15, -0.1) is 0 Å². The quantitative estimate of drug-likeness (QED) is 0.494. The summed E-state index contributed by atoms with van der Waals surface area (Å²) in [4.78, 5) is 17.0. The van der Waals surface area contributed by atoms with Gasteiger partial charge in [-0.25, -0.2) is 0 Å². The average molecular weight is 325 g/mol. The van der Waals surface area contributed by atoms with Gasteiger partial charge in [-0.2, -0.15) is 0 Å². The van der Waals surface area contributed by atoms with Crippen molar-refractivity contribution in [2.75, 3.05) is 0 Å². The molecule has 0 aliphatic rings. The number of fused-ring (bicyclic) bond motifs is 1. The Morgan fingerprint density at radius 1 is 0.760 bits per heavy atom. The number of benzene rings is 3. The van der Waals surface area contributed by atoms with Crippen LogP contribution in [0.25, 0.3) is 10.9 Å². The highest BCUT2D eigenvalue weighted by Gasteiger charge is 2.27. The molecule has 0 spiro atoms. The third-order valence-electron chi connectivity index (χ3n) is 4.67. The molecule has 4 aromatic rings. The van der Waals surface area contributed by atoms with E-state index in [2.05, 4.69) is 4.98 Å². The topological polar surface area (TPSA) is 32.9 Å². The number of carbonyl (C=O) groups excluding carboxylic acids is 1. The molecule has 3 aromatic carbocycles. The highest BCUT2D eigenvalue weighted by Crippen LogP contribution is 2.32. The number of aryl methyl sites for hydroxylation is 1. The van der Waals surface area contributed by atoms with Crippen molar-refractivity contribution in [2.24, 2.45) is 0 Å². The summed E-state index contributed by atoms with van der Waals surface area (Å²) in [5.74, 6) is -0.173. The molecule has 2 heteroatoms. The lowest BCUT2D eigenvalue weighted by Gasteiger charge is -2.17. The number of aromatic amines is 1. The Morgan fingerprint density at radius 2 is 1.28 bits per heavy atom. The SMILES string of the molecule is Cc1[nH]c2ccccc2c1C(=O)C(c1ccccc1)c1ccccc1. The van der Waals surface area contributed by atoms with Crippen LogP contribution in [0.1, 0.15) is 33.1 Å². The zero-order chi connectivity index (χ0) is 17.2. The number of nitrogens with one attached hydrogen (secondary N) is 1. The summed E-state index contributed by atoms with van der Waals surface area (Å²) in [5, 5.41) is 0.988. The molecule has 0 atom stereocenters. The van der Waals surface area contributed by atoms with Gasteiger partial charge in [0.15, 0.2) is 5.78 Å². The van der Waals surface area contributed by atoms with Crippen LogP contribution in [0.4, 0.5) is 0 Å². The Kier molecular flexibility index (Phi) is 3.95. The summed E-state index contributed by atoms with van der Waals surface area (Å²) in [6, 6.07) is 28.0. The maximum absolute atomic E-state index is 13.6. The van der Waals surface area contributed by atoms with E-state index in [-0.39, 0.29) is 11.7 Å². The van der Waals surface area contributed by atoms with Crippen molar-refractivity contribution < 1.29 is 4.79 Å². The molecule has 1 heterocycles. The maximum atomic E-state index is 13.6. The monoisotopic (exact) mass is 325 g/mol. The summed E-state index contributed by atoms with van der Waals surface area (Å²) in [7, 11) is 0. The van der Waals surface area contributed by atoms with E-state index in [1.807, 2.05) is 91.9 Å². The number of hydrogen-bond donors (Lipinski definition) is 1. The first-order chi connectivity index (χ1) is 12.3. The van der Waals surface area contributed by atoms with Gasteiger partial charge in [0.25, 0.3) is 0 Å². The van der Waals surface area contributed by atoms with Gasteiger partial charge in [0.05, 0.1) is 5.92 Å². The van der Waals surface area contributed by atoms with Crippen LogP contribution in [0.3, 0.4) is 0 Å². The Morgan fingerprint density at radius 3 is 1.88 bits per heavy atom. The molecule has 0 saturated heterocycles. The number of rotatable bonds is 4. The van der Waals surface area contributed by atoms with E-state index in [4.69, 9.17) is 0 Å². The maximum Gasteiger partial charge on any atom is 0.177 e. The van der Waals surface area contributed by atoms with Crippen LogP contribution in [-0.4, -0.2) is 10.8 Å². The van der Waals surface area contributed by atoms with Crippen LogP contribution in [0.2, 0.25) is 0 Å². The van der Waals surface area contributed by atoms with Gasteiger partial charge in [0.1, 0.15) is 0 Å². The minimum absolute atomic E-state index is 0.132. The summed E-state index contributed by atoms with van der Waals surface area (Å²) in [5.41, 5.74) is 4.74. The van der Waals surface area contributed by atoms with E-state index in [9.17, 15) is 4.79 Å². The smallest absolute Gasteiger partial charge is 0.177 e. The number of aromatic nitrogens is 1. The van der Waals surface area contributed by atoms with Crippen molar-refractivity contribution in [3.05, 3.63) is 107 Å². The lowest BCUT2D eigenvalue weighted by Crippen LogP contribution is -2.15. The molecule has 1 aromatic heterocycles. The fourth-order valence-electron chi connectivity index (χ4n) is 3.52. The van der Waals surface area contributed by atoms with E-state index in [0.717, 1.165) is 33.3 Å². The van der Waals surface area contributed by atoms with Gasteiger partial charge in [-0.05, 0) is 24.1 Å². The van der Waals surface area contributed by atoms with Gasteiger partial charge in [0, 0.05) is 22.2 Å². The lowest BCUT2D eigenvalue weighted by atomic mass is 9.84. The molecule has 4 rings (SSSR count). The molecule has 0 unspecified atom stereocenters. The molecule has 0 aliphatic heterocycles. The molecule has 122 valence electrons. The normalized spacial score (nSPS) is 11.1. The molecule has 0 fully saturated rings. The molecule has 0 radical (unpaired) electrons. The van der Waals surface area contributed by atoms with Crippen LogP contribution in [0.5, 0.6) is 0 Å². The summed E-state index contributed by atoms with van der Waals surface area (Å²) < 4.78 is 0. The third kappa shape index (κ3) is 2.76. The highest BCUT2D eigenvalue weighted by molar-refractivity contribution is 6.13. The molecule has 2 nitrogen and oxygen atoms in total. The second-order valence-electron chi connectivity index (χ2n) is 6.29. The number of carbonyl (C=O) groups is 1. The average Bonchev–Trinajstić information content (AvgIpc) is 2.99. The Bertz CT molecular complexity index is 976. The second kappa shape index (κ2) is 6.40. The second-order valence-corrected chi connectivity index (χ2v) is 6.29. The van der Waals surface area contributed by atoms with Crippen molar-refractivity contribution in [2.45, 2.75) is 12.8 Å². The molecule has 1 N–H and O–H groups in total. The summed E-state index contributed by atoms with van der Waals surface area (Å²) in [6.07, 6.45) is 0. The fraction of sp³-hybridized carbons (Fsp3) is 0.0870. The zero-order valence-electron chi connectivity index (χ0n) is 14.1. The van der Waals surface area contributed by atoms with E-state index in [1.54, 1.807) is 0 Å². The highest BCUT2D eigenvalue weighted by atomic mass is 16.1. The first-order valence-corrected chi connectivity index (χ1v) is 8.47. The van der Waals surface area contributed by atoms with Crippen LogP contribution in [0, 0.1) is 6.92 Å². The standard InChI is InChI=1S/C23H19NO/c1-16-21(19-14-8-9-15-20(19)24-16)23(25)22(17-10-4-2-5-11-17)18-12-6-3-7-13-18/h2-15,22,24H,1H3. The number of Topliss-reactive ketones (excluding diaryl/α,β-unsaturated/α-hetero) is 1. The van der Waals surface area contributed by atoms with E-state index < -0.39 is 0 Å². The van der Waals surface area contributed by atoms with Crippen LogP contribution in [0.15, 0.2) is 84.9 Å². The van der Waals surface area contributed by atoms with Gasteiger partial charge in [-0.3, -0.25) is 4.79 Å². The van der Waals surface area contributed by atoms with E-state index >= 15 is 0 Å². The van der Waals surface area contributed by atoms with Gasteiger partial charge in [-0.1, -0.05) is 78.9 Å². The number of H-pyrrole nitrogens is 1. The van der Waals surface area contributed by atoms with Crippen LogP contribution >= 0.6 is 0 Å². The molecule has 0 aliphatic carbocycles. The Labute approximate surface area is 147 Å². The predicted molar refractivity (Wildman–Crippen MR) is 102 cm³/mol. The van der Waals surface area contributed by atoms with Crippen LogP contribution < -0.4 is 0 Å².